The Balaban J connectivity index is 1.45. The molecular weight excluding hydrogens is 288 g/mol. The van der Waals surface area contributed by atoms with Gasteiger partial charge in [-0.1, -0.05) is 25.1 Å². The number of carbonyl (C=O) groups is 1. The topological polar surface area (TPSA) is 60.5 Å². The second-order valence-corrected chi connectivity index (χ2v) is 6.36. The smallest absolute Gasteiger partial charge is 0.241 e. The average molecular weight is 312 g/mol. The number of H-pyrrole nitrogens is 1. The molecule has 122 valence electrons. The number of aromatic nitrogens is 1. The summed E-state index contributed by atoms with van der Waals surface area (Å²) in [6, 6.07) is 8.03. The van der Waals surface area contributed by atoms with Gasteiger partial charge in [-0.25, -0.2) is 5.43 Å². The summed E-state index contributed by atoms with van der Waals surface area (Å²) in [6.45, 7) is 5.32. The normalized spacial score (nSPS) is 17.1. The van der Waals surface area contributed by atoms with Gasteiger partial charge in [-0.05, 0) is 37.9 Å². The van der Waals surface area contributed by atoms with Crippen LogP contribution in [-0.2, 0) is 4.79 Å². The molecule has 2 N–H and O–H groups in total. The summed E-state index contributed by atoms with van der Waals surface area (Å²) < 4.78 is 0. The van der Waals surface area contributed by atoms with Gasteiger partial charge in [-0.15, -0.1) is 0 Å². The molecule has 1 saturated heterocycles. The lowest BCUT2D eigenvalue weighted by atomic mass is 9.99. The van der Waals surface area contributed by atoms with Crippen molar-refractivity contribution in [3.63, 3.8) is 0 Å². The van der Waals surface area contributed by atoms with E-state index in [-0.39, 0.29) is 5.91 Å². The number of hydrogen-bond acceptors (Lipinski definition) is 3. The van der Waals surface area contributed by atoms with Crippen LogP contribution in [0, 0.1) is 5.92 Å². The van der Waals surface area contributed by atoms with Gasteiger partial charge in [0.25, 0.3) is 0 Å². The third-order valence-electron chi connectivity index (χ3n) is 4.55. The van der Waals surface area contributed by atoms with Gasteiger partial charge >= 0.3 is 0 Å². The van der Waals surface area contributed by atoms with Crippen molar-refractivity contribution < 1.29 is 4.79 Å². The summed E-state index contributed by atoms with van der Waals surface area (Å²) in [4.78, 5) is 17.4. The molecular formula is C18H24N4O. The van der Waals surface area contributed by atoms with Crippen molar-refractivity contribution in [1.29, 1.82) is 0 Å². The molecule has 0 spiro atoms. The standard InChI is InChI=1S/C18H24N4O/c1-14-6-9-22(10-7-14)11-8-18(23)21-20-13-15-12-19-17-5-3-2-4-16(15)17/h2-5,12-14,19H,6-11H2,1H3,(H,21,23). The van der Waals surface area contributed by atoms with E-state index in [1.165, 1.54) is 12.8 Å². The number of rotatable bonds is 5. The molecule has 5 nitrogen and oxygen atoms in total. The van der Waals surface area contributed by atoms with Gasteiger partial charge in [0.05, 0.1) is 6.21 Å². The van der Waals surface area contributed by atoms with Crippen LogP contribution < -0.4 is 5.43 Å². The minimum Gasteiger partial charge on any atom is -0.361 e. The number of carbonyl (C=O) groups excluding carboxylic acids is 1. The van der Waals surface area contributed by atoms with E-state index < -0.39 is 0 Å². The highest BCUT2D eigenvalue weighted by atomic mass is 16.2. The van der Waals surface area contributed by atoms with Gasteiger partial charge < -0.3 is 9.88 Å². The van der Waals surface area contributed by atoms with Crippen LogP contribution in [0.2, 0.25) is 0 Å². The van der Waals surface area contributed by atoms with Crippen molar-refractivity contribution >= 4 is 23.0 Å². The number of aromatic amines is 1. The SMILES string of the molecule is CC1CCN(CCC(=O)NN=Cc2c[nH]c3ccccc23)CC1. The Morgan fingerprint density at radius 3 is 3.00 bits per heavy atom. The Kier molecular flexibility index (Phi) is 5.08. The van der Waals surface area contributed by atoms with Crippen LogP contribution >= 0.6 is 0 Å². The molecule has 0 aliphatic carbocycles. The molecule has 2 heterocycles. The second kappa shape index (κ2) is 7.42. The molecule has 2 aromatic rings. The lowest BCUT2D eigenvalue weighted by Gasteiger charge is -2.29. The first kappa shape index (κ1) is 15.7. The number of amides is 1. The Hall–Kier alpha value is -2.14. The van der Waals surface area contributed by atoms with Crippen molar-refractivity contribution in [2.24, 2.45) is 11.0 Å². The first-order valence-electron chi connectivity index (χ1n) is 8.33. The molecule has 1 aliphatic rings. The van der Waals surface area contributed by atoms with E-state index in [0.29, 0.717) is 6.42 Å². The van der Waals surface area contributed by atoms with Gasteiger partial charge in [0.15, 0.2) is 0 Å². The molecule has 0 saturated carbocycles. The van der Waals surface area contributed by atoms with E-state index >= 15 is 0 Å². The predicted molar refractivity (Wildman–Crippen MR) is 93.5 cm³/mol. The number of fused-ring (bicyclic) bond motifs is 1. The van der Waals surface area contributed by atoms with Gasteiger partial charge in [-0.3, -0.25) is 4.79 Å². The van der Waals surface area contributed by atoms with Crippen LogP contribution in [0.4, 0.5) is 0 Å². The highest BCUT2D eigenvalue weighted by molar-refractivity contribution is 5.99. The van der Waals surface area contributed by atoms with Crippen LogP contribution in [0.5, 0.6) is 0 Å². The number of benzene rings is 1. The van der Waals surface area contributed by atoms with E-state index in [9.17, 15) is 4.79 Å². The van der Waals surface area contributed by atoms with Crippen LogP contribution in [0.1, 0.15) is 31.7 Å². The molecule has 1 aromatic heterocycles. The summed E-state index contributed by atoms with van der Waals surface area (Å²) in [7, 11) is 0. The number of nitrogens with one attached hydrogen (secondary N) is 2. The number of nitrogens with zero attached hydrogens (tertiary/aromatic N) is 2. The summed E-state index contributed by atoms with van der Waals surface area (Å²) in [6.07, 6.45) is 6.56. The zero-order valence-corrected chi connectivity index (χ0v) is 13.6. The lowest BCUT2D eigenvalue weighted by molar-refractivity contribution is -0.121. The van der Waals surface area contributed by atoms with Gasteiger partial charge in [0.2, 0.25) is 5.91 Å². The van der Waals surface area contributed by atoms with Crippen LogP contribution in [-0.4, -0.2) is 41.6 Å². The van der Waals surface area contributed by atoms with E-state index in [4.69, 9.17) is 0 Å². The highest BCUT2D eigenvalue weighted by Gasteiger charge is 2.15. The van der Waals surface area contributed by atoms with E-state index in [1.807, 2.05) is 30.5 Å². The zero-order chi connectivity index (χ0) is 16.1. The largest absolute Gasteiger partial charge is 0.361 e. The van der Waals surface area contributed by atoms with Gasteiger partial charge in [0.1, 0.15) is 0 Å². The predicted octanol–water partition coefficient (Wildman–Crippen LogP) is 2.74. The van der Waals surface area contributed by atoms with Gasteiger partial charge in [0, 0.05) is 35.6 Å². The molecule has 0 unspecified atom stereocenters. The fraction of sp³-hybridized carbons (Fsp3) is 0.444. The number of hydrazone groups is 1. The second-order valence-electron chi connectivity index (χ2n) is 6.36. The van der Waals surface area contributed by atoms with Crippen LogP contribution in [0.3, 0.4) is 0 Å². The highest BCUT2D eigenvalue weighted by Crippen LogP contribution is 2.16. The molecule has 0 bridgehead atoms. The van der Waals surface area contributed by atoms with Crippen molar-refractivity contribution in [2.75, 3.05) is 19.6 Å². The number of para-hydroxylation sites is 1. The van der Waals surface area contributed by atoms with Crippen LogP contribution in [0.15, 0.2) is 35.6 Å². The molecule has 5 heteroatoms. The minimum absolute atomic E-state index is 0.0280. The lowest BCUT2D eigenvalue weighted by Crippen LogP contribution is -2.35. The number of likely N-dealkylation sites (tertiary alicyclic amines) is 1. The molecule has 1 amide bonds. The molecule has 1 aromatic carbocycles. The van der Waals surface area contributed by atoms with Crippen molar-refractivity contribution in [2.45, 2.75) is 26.2 Å². The molecule has 1 fully saturated rings. The van der Waals surface area contributed by atoms with Crippen molar-refractivity contribution in [3.05, 3.63) is 36.0 Å². The summed E-state index contributed by atoms with van der Waals surface area (Å²) in [5.41, 5.74) is 4.67. The number of piperidine rings is 1. The zero-order valence-electron chi connectivity index (χ0n) is 13.6. The maximum Gasteiger partial charge on any atom is 0.241 e. The molecule has 1 aliphatic heterocycles. The maximum absolute atomic E-state index is 11.9. The van der Waals surface area contributed by atoms with Crippen LogP contribution in [0.25, 0.3) is 10.9 Å². The van der Waals surface area contributed by atoms with Crippen molar-refractivity contribution in [1.82, 2.24) is 15.3 Å². The van der Waals surface area contributed by atoms with E-state index in [2.05, 4.69) is 27.3 Å². The molecule has 0 atom stereocenters. The summed E-state index contributed by atoms with van der Waals surface area (Å²) in [5, 5.41) is 5.18. The first-order valence-corrected chi connectivity index (χ1v) is 8.33. The molecule has 0 radical (unpaired) electrons. The number of hydrogen-bond donors (Lipinski definition) is 2. The fourth-order valence-corrected chi connectivity index (χ4v) is 2.98. The van der Waals surface area contributed by atoms with Crippen molar-refractivity contribution in [3.8, 4) is 0 Å². The summed E-state index contributed by atoms with van der Waals surface area (Å²) in [5.74, 6) is 0.792. The minimum atomic E-state index is -0.0280. The molecule has 3 rings (SSSR count). The maximum atomic E-state index is 11.9. The monoisotopic (exact) mass is 312 g/mol. The Labute approximate surface area is 136 Å². The Morgan fingerprint density at radius 2 is 2.17 bits per heavy atom. The van der Waals surface area contributed by atoms with E-state index in [0.717, 1.165) is 42.0 Å². The summed E-state index contributed by atoms with van der Waals surface area (Å²) >= 11 is 0. The average Bonchev–Trinajstić information content (AvgIpc) is 2.98. The Morgan fingerprint density at radius 1 is 1.39 bits per heavy atom. The fourth-order valence-electron chi connectivity index (χ4n) is 2.98. The van der Waals surface area contributed by atoms with Gasteiger partial charge in [-0.2, -0.15) is 5.10 Å². The third-order valence-corrected chi connectivity index (χ3v) is 4.55. The first-order chi connectivity index (χ1) is 11.2. The van der Waals surface area contributed by atoms with E-state index in [1.54, 1.807) is 6.21 Å². The quantitative estimate of drug-likeness (QED) is 0.659. The Bertz CT molecular complexity index is 683. The third kappa shape index (κ3) is 4.20. The molecule has 23 heavy (non-hydrogen) atoms.